The first-order valence-corrected chi connectivity index (χ1v) is 10.1. The van der Waals surface area contributed by atoms with Crippen molar-refractivity contribution in [3.63, 3.8) is 0 Å². The van der Waals surface area contributed by atoms with Gasteiger partial charge in [-0.2, -0.15) is 0 Å². The van der Waals surface area contributed by atoms with E-state index >= 15 is 0 Å². The molecule has 0 radical (unpaired) electrons. The van der Waals surface area contributed by atoms with Crippen molar-refractivity contribution in [2.24, 2.45) is 5.73 Å². The van der Waals surface area contributed by atoms with Crippen LogP contribution < -0.4 is 11.1 Å². The number of nitrogens with zero attached hydrogens (tertiary/aromatic N) is 1. The number of anilines is 1. The third-order valence-electron chi connectivity index (χ3n) is 6.38. The Bertz CT molecular complexity index is 868. The van der Waals surface area contributed by atoms with Crippen molar-refractivity contribution < 1.29 is 9.59 Å². The van der Waals surface area contributed by atoms with Gasteiger partial charge in [0.2, 0.25) is 11.8 Å². The van der Waals surface area contributed by atoms with Gasteiger partial charge in [0.1, 0.15) is 0 Å². The molecule has 2 aromatic carbocycles. The molecule has 0 atom stereocenters. The number of hydrogen-bond acceptors (Lipinski definition) is 3. The van der Waals surface area contributed by atoms with Crippen molar-refractivity contribution in [1.29, 1.82) is 0 Å². The van der Waals surface area contributed by atoms with E-state index in [1.165, 1.54) is 31.2 Å². The molecule has 0 unspecified atom stereocenters. The van der Waals surface area contributed by atoms with Crippen molar-refractivity contribution >= 4 is 17.5 Å². The van der Waals surface area contributed by atoms with Crippen molar-refractivity contribution in [1.82, 2.24) is 4.90 Å². The van der Waals surface area contributed by atoms with Crippen LogP contribution in [0.3, 0.4) is 0 Å². The van der Waals surface area contributed by atoms with Crippen molar-refractivity contribution in [2.75, 3.05) is 25.0 Å². The molecule has 1 spiro atoms. The van der Waals surface area contributed by atoms with Crippen molar-refractivity contribution in [2.45, 2.75) is 37.5 Å². The fourth-order valence-electron chi connectivity index (χ4n) is 4.69. The average molecular weight is 377 g/mol. The lowest BCUT2D eigenvalue weighted by atomic mass is 9.74. The van der Waals surface area contributed by atoms with E-state index < -0.39 is 5.91 Å². The molecule has 3 N–H and O–H groups in total. The fourth-order valence-corrected chi connectivity index (χ4v) is 4.69. The predicted molar refractivity (Wildman–Crippen MR) is 110 cm³/mol. The van der Waals surface area contributed by atoms with Crippen LogP contribution in [-0.4, -0.2) is 36.3 Å². The Morgan fingerprint density at radius 1 is 1.00 bits per heavy atom. The van der Waals surface area contributed by atoms with Crippen LogP contribution in [-0.2, 0) is 16.6 Å². The summed E-state index contributed by atoms with van der Waals surface area (Å²) >= 11 is 0. The molecule has 1 saturated heterocycles. The highest BCUT2D eigenvalue weighted by molar-refractivity contribution is 5.94. The Hall–Kier alpha value is -2.66. The zero-order chi connectivity index (χ0) is 19.6. The average Bonchev–Trinajstić information content (AvgIpc) is 3.07. The second kappa shape index (κ2) is 7.76. The van der Waals surface area contributed by atoms with E-state index in [-0.39, 0.29) is 5.91 Å². The number of fused-ring (bicyclic) bond motifs is 2. The van der Waals surface area contributed by atoms with Crippen LogP contribution in [0.1, 0.15) is 47.2 Å². The second-order valence-electron chi connectivity index (χ2n) is 8.02. The lowest BCUT2D eigenvalue weighted by molar-refractivity contribution is -0.116. The normalized spacial score (nSPS) is 18.0. The summed E-state index contributed by atoms with van der Waals surface area (Å²) in [5.41, 5.74) is 9.81. The first-order valence-electron chi connectivity index (χ1n) is 10.1. The molecule has 28 heavy (non-hydrogen) atoms. The minimum Gasteiger partial charge on any atom is -0.366 e. The van der Waals surface area contributed by atoms with E-state index in [4.69, 9.17) is 5.73 Å². The Morgan fingerprint density at radius 2 is 1.71 bits per heavy atom. The maximum Gasteiger partial charge on any atom is 0.248 e. The van der Waals surface area contributed by atoms with Gasteiger partial charge in [0.15, 0.2) is 0 Å². The quantitative estimate of drug-likeness (QED) is 0.841. The number of aryl methyl sites for hydroxylation is 1. The number of rotatable bonds is 5. The summed E-state index contributed by atoms with van der Waals surface area (Å²) in [4.78, 5) is 25.8. The van der Waals surface area contributed by atoms with E-state index in [0.29, 0.717) is 23.1 Å². The number of carbonyl (C=O) groups is 2. The Morgan fingerprint density at radius 3 is 2.43 bits per heavy atom. The molecule has 5 nitrogen and oxygen atoms in total. The maximum absolute atomic E-state index is 12.3. The van der Waals surface area contributed by atoms with E-state index in [2.05, 4.69) is 34.5 Å². The van der Waals surface area contributed by atoms with E-state index in [1.807, 2.05) is 0 Å². The summed E-state index contributed by atoms with van der Waals surface area (Å²) in [6.45, 7) is 2.88. The molecule has 1 aliphatic heterocycles. The van der Waals surface area contributed by atoms with Crippen LogP contribution in [0.4, 0.5) is 5.69 Å². The summed E-state index contributed by atoms with van der Waals surface area (Å²) < 4.78 is 0. The molecule has 0 saturated carbocycles. The third-order valence-corrected chi connectivity index (χ3v) is 6.38. The highest BCUT2D eigenvalue weighted by Gasteiger charge is 2.40. The zero-order valence-corrected chi connectivity index (χ0v) is 16.1. The van der Waals surface area contributed by atoms with Crippen molar-refractivity contribution in [3.05, 3.63) is 65.2 Å². The SMILES string of the molecule is NC(=O)c1ccc(NC(=O)CCN2CCC3(CCc4ccccc43)CC2)cc1. The van der Waals surface area contributed by atoms with E-state index in [9.17, 15) is 9.59 Å². The van der Waals surface area contributed by atoms with E-state index in [1.54, 1.807) is 29.8 Å². The van der Waals surface area contributed by atoms with Crippen LogP contribution in [0.15, 0.2) is 48.5 Å². The molecule has 0 bridgehead atoms. The van der Waals surface area contributed by atoms with Gasteiger partial charge in [-0.1, -0.05) is 24.3 Å². The van der Waals surface area contributed by atoms with E-state index in [0.717, 1.165) is 19.6 Å². The summed E-state index contributed by atoms with van der Waals surface area (Å²) in [6, 6.07) is 15.6. The van der Waals surface area contributed by atoms with Gasteiger partial charge < -0.3 is 16.0 Å². The predicted octanol–water partition coefficient (Wildman–Crippen LogP) is 3.09. The van der Waals surface area contributed by atoms with Gasteiger partial charge in [-0.05, 0) is 79.6 Å². The molecule has 1 fully saturated rings. The number of hydrogen-bond donors (Lipinski definition) is 2. The molecule has 1 heterocycles. The molecule has 2 aromatic rings. The minimum absolute atomic E-state index is 0.00155. The molecule has 1 aliphatic carbocycles. The lowest BCUT2D eigenvalue weighted by Crippen LogP contribution is -2.42. The summed E-state index contributed by atoms with van der Waals surface area (Å²) in [5.74, 6) is -0.469. The number of piperidine rings is 1. The van der Waals surface area contributed by atoms with Gasteiger partial charge in [-0.3, -0.25) is 9.59 Å². The number of benzene rings is 2. The third kappa shape index (κ3) is 3.80. The first kappa shape index (κ1) is 18.7. The zero-order valence-electron chi connectivity index (χ0n) is 16.1. The molecule has 2 aliphatic rings. The summed E-state index contributed by atoms with van der Waals surface area (Å²) in [7, 11) is 0. The standard InChI is InChI=1S/C23H27N3O2/c24-22(28)18-5-7-19(8-6-18)25-21(27)10-14-26-15-12-23(13-16-26)11-9-17-3-1-2-4-20(17)23/h1-8H,9-16H2,(H2,24,28)(H,25,27). The molecular weight excluding hydrogens is 350 g/mol. The van der Waals surface area contributed by atoms with Crippen LogP contribution in [0.25, 0.3) is 0 Å². The number of primary amides is 1. The van der Waals surface area contributed by atoms with Crippen LogP contribution in [0.5, 0.6) is 0 Å². The first-order chi connectivity index (χ1) is 13.6. The van der Waals surface area contributed by atoms with Crippen molar-refractivity contribution in [3.8, 4) is 0 Å². The number of likely N-dealkylation sites (tertiary alicyclic amines) is 1. The minimum atomic E-state index is -0.467. The number of carbonyl (C=O) groups excluding carboxylic acids is 2. The number of nitrogens with two attached hydrogens (primary N) is 1. The molecule has 4 rings (SSSR count). The number of nitrogens with one attached hydrogen (secondary N) is 1. The van der Waals surface area contributed by atoms with Gasteiger partial charge in [-0.25, -0.2) is 0 Å². The van der Waals surface area contributed by atoms with Gasteiger partial charge in [-0.15, -0.1) is 0 Å². The smallest absolute Gasteiger partial charge is 0.248 e. The van der Waals surface area contributed by atoms with Gasteiger partial charge in [0, 0.05) is 24.2 Å². The molecule has 146 valence electrons. The summed E-state index contributed by atoms with van der Waals surface area (Å²) in [6.07, 6.45) is 5.30. The Kier molecular flexibility index (Phi) is 5.18. The van der Waals surface area contributed by atoms with Crippen LogP contribution in [0, 0.1) is 0 Å². The van der Waals surface area contributed by atoms with Crippen LogP contribution >= 0.6 is 0 Å². The largest absolute Gasteiger partial charge is 0.366 e. The fraction of sp³-hybridized carbons (Fsp3) is 0.391. The maximum atomic E-state index is 12.3. The highest BCUT2D eigenvalue weighted by atomic mass is 16.2. The lowest BCUT2D eigenvalue weighted by Gasteiger charge is -2.40. The topological polar surface area (TPSA) is 75.4 Å². The Labute approximate surface area is 165 Å². The Balaban J connectivity index is 1.25. The van der Waals surface area contributed by atoms with Gasteiger partial charge in [0.25, 0.3) is 0 Å². The molecular formula is C23H27N3O2. The number of amides is 2. The van der Waals surface area contributed by atoms with Gasteiger partial charge >= 0.3 is 0 Å². The van der Waals surface area contributed by atoms with Gasteiger partial charge in [0.05, 0.1) is 0 Å². The molecule has 0 aromatic heterocycles. The summed E-state index contributed by atoms with van der Waals surface area (Å²) in [5, 5.41) is 2.89. The molecule has 2 amide bonds. The van der Waals surface area contributed by atoms with Crippen LogP contribution in [0.2, 0.25) is 0 Å². The highest BCUT2D eigenvalue weighted by Crippen LogP contribution is 2.46. The molecule has 5 heteroatoms. The monoisotopic (exact) mass is 377 g/mol. The second-order valence-corrected chi connectivity index (χ2v) is 8.02.